The first-order chi connectivity index (χ1) is 10.6. The molecule has 15 heteroatoms. The maximum Gasteiger partial charge on any atom is 0.448 e. The maximum absolute atomic E-state index is 13.6. The maximum atomic E-state index is 13.6. The summed E-state index contributed by atoms with van der Waals surface area (Å²) >= 11 is 0. The van der Waals surface area contributed by atoms with Crippen molar-refractivity contribution >= 4 is 0 Å². The van der Waals surface area contributed by atoms with Crippen LogP contribution in [0.3, 0.4) is 0 Å². The van der Waals surface area contributed by atoms with Gasteiger partial charge in [-0.1, -0.05) is 0 Å². The van der Waals surface area contributed by atoms with Crippen LogP contribution in [0.2, 0.25) is 0 Å². The van der Waals surface area contributed by atoms with E-state index < -0.39 is 62.1 Å². The molecule has 0 spiro atoms. The van der Waals surface area contributed by atoms with Gasteiger partial charge in [-0.15, -0.1) is 0 Å². The summed E-state index contributed by atoms with van der Waals surface area (Å²) in [6, 6.07) is 0. The highest BCUT2D eigenvalue weighted by molar-refractivity contribution is 4.87. The van der Waals surface area contributed by atoms with Crippen LogP contribution in [0, 0.1) is 0 Å². The minimum absolute atomic E-state index is 2.56. The Labute approximate surface area is 129 Å². The summed E-state index contributed by atoms with van der Waals surface area (Å²) < 4.78 is 176. The van der Waals surface area contributed by atoms with Gasteiger partial charge in [0.1, 0.15) is 0 Å². The van der Waals surface area contributed by atoms with Gasteiger partial charge in [0.15, 0.2) is 0 Å². The van der Waals surface area contributed by atoms with E-state index in [9.17, 15) is 61.5 Å². The standard InChI is InChI=1S/C10H8F14O/c11-5(9(19,20)21,1-3-7(13,14)15)25-6(12,10(22,23)24)2-4-8(16,17)18/h1-4H2. The molecule has 0 aliphatic carbocycles. The molecule has 0 N–H and O–H groups in total. The molecule has 0 aromatic heterocycles. The molecule has 2 atom stereocenters. The molecule has 0 saturated carbocycles. The molecule has 0 bridgehead atoms. The van der Waals surface area contributed by atoms with Gasteiger partial charge in [-0.25, -0.2) is 8.78 Å². The third-order valence-corrected chi connectivity index (χ3v) is 2.63. The third kappa shape index (κ3) is 7.40. The van der Waals surface area contributed by atoms with Crippen molar-refractivity contribution in [2.24, 2.45) is 0 Å². The average molecular weight is 410 g/mol. The highest BCUT2D eigenvalue weighted by Gasteiger charge is 2.68. The number of halogens is 14. The van der Waals surface area contributed by atoms with Crippen molar-refractivity contribution in [1.82, 2.24) is 0 Å². The second-order valence-electron chi connectivity index (χ2n) is 4.78. The predicted molar refractivity (Wildman–Crippen MR) is 51.5 cm³/mol. The lowest BCUT2D eigenvalue weighted by atomic mass is 10.1. The predicted octanol–water partition coefficient (Wildman–Crippen LogP) is 6.14. The highest BCUT2D eigenvalue weighted by Crippen LogP contribution is 2.49. The van der Waals surface area contributed by atoms with Crippen LogP contribution >= 0.6 is 0 Å². The molecule has 2 unspecified atom stereocenters. The zero-order chi connectivity index (χ0) is 20.5. The first-order valence-corrected chi connectivity index (χ1v) is 5.97. The van der Waals surface area contributed by atoms with Crippen molar-refractivity contribution in [1.29, 1.82) is 0 Å². The zero-order valence-corrected chi connectivity index (χ0v) is 11.5. The lowest BCUT2D eigenvalue weighted by Crippen LogP contribution is -2.55. The molecule has 0 aliphatic heterocycles. The summed E-state index contributed by atoms with van der Waals surface area (Å²) in [5, 5.41) is 0. The van der Waals surface area contributed by atoms with Crippen molar-refractivity contribution in [3.63, 3.8) is 0 Å². The zero-order valence-electron chi connectivity index (χ0n) is 11.5. The topological polar surface area (TPSA) is 9.23 Å². The summed E-state index contributed by atoms with van der Waals surface area (Å²) in [6.07, 6.45) is -35.2. The Morgan fingerprint density at radius 1 is 0.400 bits per heavy atom. The summed E-state index contributed by atoms with van der Waals surface area (Å²) in [5.74, 6) is -11.6. The van der Waals surface area contributed by atoms with E-state index in [4.69, 9.17) is 0 Å². The van der Waals surface area contributed by atoms with Crippen LogP contribution in [0.15, 0.2) is 0 Å². The van der Waals surface area contributed by atoms with Gasteiger partial charge < -0.3 is 0 Å². The monoisotopic (exact) mass is 410 g/mol. The van der Waals surface area contributed by atoms with Crippen LogP contribution in [0.5, 0.6) is 0 Å². The van der Waals surface area contributed by atoms with Crippen molar-refractivity contribution in [2.45, 2.75) is 62.1 Å². The van der Waals surface area contributed by atoms with E-state index in [-0.39, 0.29) is 0 Å². The number of ether oxygens (including phenoxy) is 1. The molecule has 152 valence electrons. The first-order valence-electron chi connectivity index (χ1n) is 5.97. The smallest absolute Gasteiger partial charge is 0.294 e. The van der Waals surface area contributed by atoms with Gasteiger partial charge in [0.2, 0.25) is 0 Å². The van der Waals surface area contributed by atoms with Gasteiger partial charge in [0, 0.05) is 25.7 Å². The minimum Gasteiger partial charge on any atom is -0.294 e. The Balaban J connectivity index is 5.69. The third-order valence-electron chi connectivity index (χ3n) is 2.63. The number of hydrogen-bond acceptors (Lipinski definition) is 1. The Morgan fingerprint density at radius 3 is 0.800 bits per heavy atom. The van der Waals surface area contributed by atoms with Crippen molar-refractivity contribution in [3.05, 3.63) is 0 Å². The fraction of sp³-hybridized carbons (Fsp3) is 1.00. The van der Waals surface area contributed by atoms with Crippen molar-refractivity contribution in [3.8, 4) is 0 Å². The Morgan fingerprint density at radius 2 is 0.640 bits per heavy atom. The van der Waals surface area contributed by atoms with Gasteiger partial charge in [0.25, 0.3) is 0 Å². The number of hydrogen-bond donors (Lipinski definition) is 0. The summed E-state index contributed by atoms with van der Waals surface area (Å²) in [5.41, 5.74) is 0. The van der Waals surface area contributed by atoms with Crippen LogP contribution in [-0.2, 0) is 4.74 Å². The van der Waals surface area contributed by atoms with Gasteiger partial charge >= 0.3 is 36.4 Å². The fourth-order valence-electron chi connectivity index (χ4n) is 1.36. The molecule has 0 fully saturated rings. The van der Waals surface area contributed by atoms with E-state index >= 15 is 0 Å². The van der Waals surface area contributed by atoms with E-state index in [1.54, 1.807) is 0 Å². The van der Waals surface area contributed by atoms with E-state index in [0.717, 1.165) is 0 Å². The molecule has 25 heavy (non-hydrogen) atoms. The largest absolute Gasteiger partial charge is 0.448 e. The van der Waals surface area contributed by atoms with Crippen LogP contribution in [-0.4, -0.2) is 36.4 Å². The Hall–Kier alpha value is -1.02. The lowest BCUT2D eigenvalue weighted by Gasteiger charge is -2.36. The molecular weight excluding hydrogens is 402 g/mol. The summed E-state index contributed by atoms with van der Waals surface area (Å²) in [4.78, 5) is 0. The van der Waals surface area contributed by atoms with E-state index in [1.165, 1.54) is 0 Å². The Kier molecular flexibility index (Phi) is 6.66. The van der Waals surface area contributed by atoms with E-state index in [2.05, 4.69) is 4.74 Å². The summed E-state index contributed by atoms with van der Waals surface area (Å²) in [7, 11) is 0. The van der Waals surface area contributed by atoms with Gasteiger partial charge in [0.05, 0.1) is 0 Å². The van der Waals surface area contributed by atoms with E-state index in [0.29, 0.717) is 0 Å². The van der Waals surface area contributed by atoms with Gasteiger partial charge in [-0.2, -0.15) is 52.7 Å². The van der Waals surface area contributed by atoms with Crippen molar-refractivity contribution < 1.29 is 66.2 Å². The quantitative estimate of drug-likeness (QED) is 0.478. The van der Waals surface area contributed by atoms with E-state index in [1.807, 2.05) is 0 Å². The Bertz CT molecular complexity index is 391. The molecule has 0 heterocycles. The second kappa shape index (κ2) is 6.95. The molecule has 0 rings (SSSR count). The highest BCUT2D eigenvalue weighted by atomic mass is 19.4. The second-order valence-corrected chi connectivity index (χ2v) is 4.78. The molecule has 0 aromatic rings. The van der Waals surface area contributed by atoms with Gasteiger partial charge in [-0.05, 0) is 0 Å². The first kappa shape index (κ1) is 24.0. The van der Waals surface area contributed by atoms with Crippen LogP contribution < -0.4 is 0 Å². The number of rotatable bonds is 6. The molecule has 0 aliphatic rings. The molecule has 0 saturated heterocycles. The molecule has 0 amide bonds. The lowest BCUT2D eigenvalue weighted by molar-refractivity contribution is -0.439. The van der Waals surface area contributed by atoms with Crippen LogP contribution in [0.1, 0.15) is 25.7 Å². The van der Waals surface area contributed by atoms with Crippen molar-refractivity contribution in [2.75, 3.05) is 0 Å². The average Bonchev–Trinajstić information content (AvgIpc) is 2.29. The molecule has 0 aromatic carbocycles. The molecular formula is C10H8F14O. The normalized spacial score (nSPS) is 19.4. The minimum atomic E-state index is -6.58. The molecule has 0 radical (unpaired) electrons. The van der Waals surface area contributed by atoms with Gasteiger partial charge in [-0.3, -0.25) is 4.74 Å². The number of alkyl halides is 14. The summed E-state index contributed by atoms with van der Waals surface area (Å²) in [6.45, 7) is 0. The fourth-order valence-corrected chi connectivity index (χ4v) is 1.36. The SMILES string of the molecule is FC(F)(F)CCC(F)(OC(F)(CCC(F)(F)F)C(F)(F)F)C(F)(F)F. The van der Waals surface area contributed by atoms with Crippen LogP contribution in [0.4, 0.5) is 61.5 Å². The van der Waals surface area contributed by atoms with Crippen LogP contribution in [0.25, 0.3) is 0 Å². The molecule has 1 nitrogen and oxygen atoms in total.